The Morgan fingerprint density at radius 2 is 1.48 bits per heavy atom. The van der Waals surface area contributed by atoms with Crippen LogP contribution in [-0.4, -0.2) is 39.0 Å². The monoisotopic (exact) mass is 320 g/mol. The summed E-state index contributed by atoms with van der Waals surface area (Å²) in [5.41, 5.74) is 4.10. The number of benzene rings is 1. The number of aryl methyl sites for hydroxylation is 3. The first-order valence-electron chi connectivity index (χ1n) is 8.64. The first kappa shape index (κ1) is 16.9. The molecule has 1 aromatic rings. The molecule has 0 N–H and O–H groups in total. The SMILES string of the molecule is Cc1ccc(CCC2COC(C3OCC(C)CO3)OC2)cc1C. The molecular formula is C19H28O4. The zero-order chi connectivity index (χ0) is 16.2. The molecule has 1 aromatic carbocycles. The summed E-state index contributed by atoms with van der Waals surface area (Å²) < 4.78 is 22.9. The predicted octanol–water partition coefficient (Wildman–Crippen LogP) is 3.23. The molecule has 0 atom stereocenters. The Morgan fingerprint density at radius 3 is 2.09 bits per heavy atom. The number of rotatable bonds is 4. The van der Waals surface area contributed by atoms with E-state index in [1.54, 1.807) is 0 Å². The fourth-order valence-electron chi connectivity index (χ4n) is 2.98. The second kappa shape index (κ2) is 7.75. The molecule has 3 rings (SSSR count). The van der Waals surface area contributed by atoms with Crippen LogP contribution >= 0.6 is 0 Å². The normalized spacial score (nSPS) is 32.0. The molecule has 2 fully saturated rings. The summed E-state index contributed by atoms with van der Waals surface area (Å²) in [6.45, 7) is 9.29. The molecular weight excluding hydrogens is 292 g/mol. The molecule has 2 aliphatic heterocycles. The van der Waals surface area contributed by atoms with Crippen molar-refractivity contribution in [1.82, 2.24) is 0 Å². The van der Waals surface area contributed by atoms with Crippen molar-refractivity contribution < 1.29 is 18.9 Å². The van der Waals surface area contributed by atoms with E-state index >= 15 is 0 Å². The highest BCUT2D eigenvalue weighted by molar-refractivity contribution is 5.29. The second-order valence-corrected chi connectivity index (χ2v) is 7.00. The van der Waals surface area contributed by atoms with Gasteiger partial charge in [-0.05, 0) is 43.4 Å². The lowest BCUT2D eigenvalue weighted by Crippen LogP contribution is -2.46. The van der Waals surface area contributed by atoms with Crippen LogP contribution in [-0.2, 0) is 25.4 Å². The molecule has 0 radical (unpaired) electrons. The largest absolute Gasteiger partial charge is 0.348 e. The summed E-state index contributed by atoms with van der Waals surface area (Å²) in [5, 5.41) is 0. The van der Waals surface area contributed by atoms with Gasteiger partial charge < -0.3 is 18.9 Å². The molecule has 4 heteroatoms. The maximum absolute atomic E-state index is 5.82. The molecule has 0 bridgehead atoms. The second-order valence-electron chi connectivity index (χ2n) is 7.00. The lowest BCUT2D eigenvalue weighted by Gasteiger charge is -2.36. The highest BCUT2D eigenvalue weighted by atomic mass is 16.8. The van der Waals surface area contributed by atoms with Crippen molar-refractivity contribution in [2.45, 2.75) is 46.2 Å². The van der Waals surface area contributed by atoms with E-state index in [4.69, 9.17) is 18.9 Å². The number of hydrogen-bond acceptors (Lipinski definition) is 4. The predicted molar refractivity (Wildman–Crippen MR) is 88.3 cm³/mol. The summed E-state index contributed by atoms with van der Waals surface area (Å²) in [6.07, 6.45) is 1.41. The van der Waals surface area contributed by atoms with E-state index in [2.05, 4.69) is 39.0 Å². The summed E-state index contributed by atoms with van der Waals surface area (Å²) in [4.78, 5) is 0. The van der Waals surface area contributed by atoms with Gasteiger partial charge in [-0.2, -0.15) is 0 Å². The molecule has 2 heterocycles. The third-order valence-corrected chi connectivity index (χ3v) is 4.72. The van der Waals surface area contributed by atoms with Crippen LogP contribution in [0.4, 0.5) is 0 Å². The highest BCUT2D eigenvalue weighted by Crippen LogP contribution is 2.23. The molecule has 2 saturated heterocycles. The third kappa shape index (κ3) is 4.54. The minimum atomic E-state index is -0.375. The Hall–Kier alpha value is -0.940. The van der Waals surface area contributed by atoms with Crippen molar-refractivity contribution in [3.8, 4) is 0 Å². The topological polar surface area (TPSA) is 36.9 Å². The van der Waals surface area contributed by atoms with Crippen LogP contribution in [0.5, 0.6) is 0 Å². The van der Waals surface area contributed by atoms with E-state index in [0.717, 1.165) is 12.8 Å². The Kier molecular flexibility index (Phi) is 5.70. The molecule has 0 spiro atoms. The van der Waals surface area contributed by atoms with Crippen molar-refractivity contribution in [3.05, 3.63) is 34.9 Å². The average molecular weight is 320 g/mol. The van der Waals surface area contributed by atoms with E-state index in [-0.39, 0.29) is 12.6 Å². The molecule has 0 aromatic heterocycles. The standard InChI is InChI=1S/C19H28O4/c1-13-9-20-18(21-10-13)19-22-11-17(12-23-19)7-6-16-5-4-14(2)15(3)8-16/h4-5,8,13,17-19H,6-7,9-12H2,1-3H3. The molecule has 4 nitrogen and oxygen atoms in total. The Labute approximate surface area is 139 Å². The van der Waals surface area contributed by atoms with Crippen molar-refractivity contribution in [3.63, 3.8) is 0 Å². The van der Waals surface area contributed by atoms with Gasteiger partial charge in [-0.3, -0.25) is 0 Å². The van der Waals surface area contributed by atoms with Crippen molar-refractivity contribution in [1.29, 1.82) is 0 Å². The summed E-state index contributed by atoms with van der Waals surface area (Å²) in [6, 6.07) is 6.71. The fraction of sp³-hybridized carbons (Fsp3) is 0.684. The van der Waals surface area contributed by atoms with Crippen LogP contribution in [0.15, 0.2) is 18.2 Å². The van der Waals surface area contributed by atoms with Crippen molar-refractivity contribution in [2.24, 2.45) is 11.8 Å². The van der Waals surface area contributed by atoms with E-state index < -0.39 is 0 Å². The molecule has 0 amide bonds. The maximum Gasteiger partial charge on any atom is 0.209 e. The molecule has 23 heavy (non-hydrogen) atoms. The Bertz CT molecular complexity index is 500. The zero-order valence-corrected chi connectivity index (χ0v) is 14.4. The van der Waals surface area contributed by atoms with E-state index in [0.29, 0.717) is 38.3 Å². The van der Waals surface area contributed by atoms with Gasteiger partial charge >= 0.3 is 0 Å². The van der Waals surface area contributed by atoms with E-state index in [9.17, 15) is 0 Å². The van der Waals surface area contributed by atoms with Crippen molar-refractivity contribution >= 4 is 0 Å². The molecule has 128 valence electrons. The smallest absolute Gasteiger partial charge is 0.209 e. The minimum Gasteiger partial charge on any atom is -0.348 e. The maximum atomic E-state index is 5.82. The first-order chi connectivity index (χ1) is 11.1. The quantitative estimate of drug-likeness (QED) is 0.853. The first-order valence-corrected chi connectivity index (χ1v) is 8.64. The van der Waals surface area contributed by atoms with Crippen LogP contribution in [0.3, 0.4) is 0 Å². The van der Waals surface area contributed by atoms with Crippen molar-refractivity contribution in [2.75, 3.05) is 26.4 Å². The average Bonchev–Trinajstić information content (AvgIpc) is 2.57. The van der Waals surface area contributed by atoms with Crippen LogP contribution < -0.4 is 0 Å². The number of hydrogen-bond donors (Lipinski definition) is 0. The summed E-state index contributed by atoms with van der Waals surface area (Å²) >= 11 is 0. The van der Waals surface area contributed by atoms with E-state index in [1.165, 1.54) is 16.7 Å². The summed E-state index contributed by atoms with van der Waals surface area (Å²) in [5.74, 6) is 0.885. The van der Waals surface area contributed by atoms with Gasteiger partial charge in [0.1, 0.15) is 0 Å². The Balaban J connectivity index is 1.41. The number of ether oxygens (including phenoxy) is 4. The zero-order valence-electron chi connectivity index (χ0n) is 14.4. The third-order valence-electron chi connectivity index (χ3n) is 4.72. The lowest BCUT2D eigenvalue weighted by molar-refractivity contribution is -0.330. The highest BCUT2D eigenvalue weighted by Gasteiger charge is 2.33. The lowest BCUT2D eigenvalue weighted by atomic mass is 9.98. The van der Waals surface area contributed by atoms with Crippen LogP contribution in [0.25, 0.3) is 0 Å². The Morgan fingerprint density at radius 1 is 0.870 bits per heavy atom. The van der Waals surface area contributed by atoms with Gasteiger partial charge in [0.15, 0.2) is 0 Å². The van der Waals surface area contributed by atoms with Gasteiger partial charge in [0.05, 0.1) is 26.4 Å². The molecule has 0 unspecified atom stereocenters. The molecule has 2 aliphatic rings. The van der Waals surface area contributed by atoms with Crippen LogP contribution in [0.1, 0.15) is 30.0 Å². The fourth-order valence-corrected chi connectivity index (χ4v) is 2.98. The van der Waals surface area contributed by atoms with Gasteiger partial charge in [0.2, 0.25) is 12.6 Å². The van der Waals surface area contributed by atoms with Gasteiger partial charge in [0, 0.05) is 11.8 Å². The molecule has 0 saturated carbocycles. The van der Waals surface area contributed by atoms with Gasteiger partial charge in [-0.1, -0.05) is 25.1 Å². The molecule has 0 aliphatic carbocycles. The minimum absolute atomic E-state index is 0.369. The summed E-state index contributed by atoms with van der Waals surface area (Å²) in [7, 11) is 0. The van der Waals surface area contributed by atoms with Gasteiger partial charge in [0.25, 0.3) is 0 Å². The van der Waals surface area contributed by atoms with E-state index in [1.807, 2.05) is 0 Å². The van der Waals surface area contributed by atoms with Crippen LogP contribution in [0.2, 0.25) is 0 Å². The van der Waals surface area contributed by atoms with Gasteiger partial charge in [-0.15, -0.1) is 0 Å². The van der Waals surface area contributed by atoms with Crippen LogP contribution in [0, 0.1) is 25.7 Å². The van der Waals surface area contributed by atoms with Gasteiger partial charge in [-0.25, -0.2) is 0 Å².